The fraction of sp³-hybridized carbons (Fsp3) is 0.174. The molecule has 0 radical (unpaired) electrons. The van der Waals surface area contributed by atoms with Crippen LogP contribution in [0.25, 0.3) is 0 Å². The number of thioether (sulfide) groups is 1. The third kappa shape index (κ3) is 6.37. The standard InChI is InChI=1S/C23H24N2O3S2/c1-18-8-14-21(15-9-18)25(30(2,27)28)16-23(26)24-20-12-10-19(11-13-20)17-29-22-6-4-3-5-7-22/h3-15H,16-17H2,1-2H3,(H,24,26). The van der Waals surface area contributed by atoms with Gasteiger partial charge in [-0.25, -0.2) is 8.42 Å². The van der Waals surface area contributed by atoms with Crippen molar-refractivity contribution >= 4 is 39.1 Å². The molecule has 0 atom stereocenters. The largest absolute Gasteiger partial charge is 0.325 e. The molecule has 3 aromatic rings. The van der Waals surface area contributed by atoms with Gasteiger partial charge in [0.15, 0.2) is 0 Å². The summed E-state index contributed by atoms with van der Waals surface area (Å²) in [6.45, 7) is 1.64. The van der Waals surface area contributed by atoms with Gasteiger partial charge in [-0.1, -0.05) is 48.0 Å². The van der Waals surface area contributed by atoms with Crippen LogP contribution in [0, 0.1) is 6.92 Å². The summed E-state index contributed by atoms with van der Waals surface area (Å²) < 4.78 is 25.5. The molecule has 30 heavy (non-hydrogen) atoms. The first kappa shape index (κ1) is 21.9. The van der Waals surface area contributed by atoms with Crippen molar-refractivity contribution in [2.45, 2.75) is 17.6 Å². The van der Waals surface area contributed by atoms with E-state index in [9.17, 15) is 13.2 Å². The van der Waals surface area contributed by atoms with Crippen molar-refractivity contribution in [1.82, 2.24) is 0 Å². The Labute approximate surface area is 182 Å². The van der Waals surface area contributed by atoms with Gasteiger partial charge in [-0.3, -0.25) is 9.10 Å². The number of carbonyl (C=O) groups is 1. The molecule has 0 aliphatic heterocycles. The number of hydrogen-bond donors (Lipinski definition) is 1. The highest BCUT2D eigenvalue weighted by molar-refractivity contribution is 7.98. The van der Waals surface area contributed by atoms with Crippen molar-refractivity contribution < 1.29 is 13.2 Å². The summed E-state index contributed by atoms with van der Waals surface area (Å²) in [7, 11) is -3.59. The van der Waals surface area contributed by atoms with Crippen LogP contribution in [0.1, 0.15) is 11.1 Å². The van der Waals surface area contributed by atoms with Gasteiger partial charge < -0.3 is 5.32 Å². The number of rotatable bonds is 8. The van der Waals surface area contributed by atoms with E-state index in [0.717, 1.165) is 27.4 Å². The van der Waals surface area contributed by atoms with Crippen LogP contribution in [-0.4, -0.2) is 27.1 Å². The van der Waals surface area contributed by atoms with Gasteiger partial charge in [0, 0.05) is 16.3 Å². The predicted molar refractivity (Wildman–Crippen MR) is 124 cm³/mol. The number of nitrogens with one attached hydrogen (secondary N) is 1. The molecular formula is C23H24N2O3S2. The van der Waals surface area contributed by atoms with Crippen LogP contribution in [-0.2, 0) is 20.6 Å². The molecule has 0 aliphatic rings. The molecule has 0 unspecified atom stereocenters. The molecule has 3 rings (SSSR count). The van der Waals surface area contributed by atoms with Crippen LogP contribution >= 0.6 is 11.8 Å². The zero-order chi connectivity index (χ0) is 21.6. The summed E-state index contributed by atoms with van der Waals surface area (Å²) in [5.74, 6) is 0.431. The van der Waals surface area contributed by atoms with E-state index < -0.39 is 15.9 Å². The van der Waals surface area contributed by atoms with Crippen LogP contribution in [0.2, 0.25) is 0 Å². The summed E-state index contributed by atoms with van der Waals surface area (Å²) in [6.07, 6.45) is 1.10. The number of benzene rings is 3. The van der Waals surface area contributed by atoms with Crippen LogP contribution in [0.5, 0.6) is 0 Å². The molecule has 0 heterocycles. The Bertz CT molecular complexity index is 1080. The van der Waals surface area contributed by atoms with E-state index in [1.165, 1.54) is 4.90 Å². The average molecular weight is 441 g/mol. The Kier molecular flexibility index (Phi) is 7.18. The molecule has 0 aliphatic carbocycles. The highest BCUT2D eigenvalue weighted by atomic mass is 32.2. The number of nitrogens with zero attached hydrogens (tertiary/aromatic N) is 1. The molecule has 0 saturated heterocycles. The van der Waals surface area contributed by atoms with E-state index in [2.05, 4.69) is 17.4 Å². The minimum atomic E-state index is -3.59. The van der Waals surface area contributed by atoms with E-state index in [1.54, 1.807) is 23.9 Å². The second-order valence-corrected chi connectivity index (χ2v) is 9.91. The highest BCUT2D eigenvalue weighted by Crippen LogP contribution is 2.23. The molecule has 0 aromatic heterocycles. The van der Waals surface area contributed by atoms with Gasteiger partial charge in [-0.05, 0) is 48.9 Å². The predicted octanol–water partition coefficient (Wildman–Crippen LogP) is 4.69. The molecule has 3 aromatic carbocycles. The Hall–Kier alpha value is -2.77. The van der Waals surface area contributed by atoms with E-state index in [0.29, 0.717) is 11.4 Å². The summed E-state index contributed by atoms with van der Waals surface area (Å²) in [5.41, 5.74) is 3.25. The van der Waals surface area contributed by atoms with Crippen LogP contribution in [0.15, 0.2) is 83.8 Å². The molecule has 156 valence electrons. The lowest BCUT2D eigenvalue weighted by Gasteiger charge is -2.22. The molecule has 0 fully saturated rings. The Morgan fingerprint density at radius 2 is 1.57 bits per heavy atom. The fourth-order valence-corrected chi connectivity index (χ4v) is 4.54. The van der Waals surface area contributed by atoms with Crippen molar-refractivity contribution in [3.8, 4) is 0 Å². The summed E-state index contributed by atoms with van der Waals surface area (Å²) in [4.78, 5) is 13.7. The van der Waals surface area contributed by atoms with E-state index in [1.807, 2.05) is 61.5 Å². The average Bonchev–Trinajstić information content (AvgIpc) is 2.72. The fourth-order valence-electron chi connectivity index (χ4n) is 2.81. The minimum absolute atomic E-state index is 0.284. The van der Waals surface area contributed by atoms with Crippen molar-refractivity contribution in [3.63, 3.8) is 0 Å². The zero-order valence-electron chi connectivity index (χ0n) is 16.9. The number of hydrogen-bond acceptors (Lipinski definition) is 4. The van der Waals surface area contributed by atoms with Gasteiger partial charge in [0.25, 0.3) is 0 Å². The van der Waals surface area contributed by atoms with Gasteiger partial charge in [0.1, 0.15) is 6.54 Å². The first-order chi connectivity index (χ1) is 14.3. The maximum Gasteiger partial charge on any atom is 0.245 e. The van der Waals surface area contributed by atoms with Crippen LogP contribution < -0.4 is 9.62 Å². The van der Waals surface area contributed by atoms with E-state index >= 15 is 0 Å². The van der Waals surface area contributed by atoms with E-state index in [-0.39, 0.29) is 6.54 Å². The quantitative estimate of drug-likeness (QED) is 0.516. The number of amides is 1. The number of anilines is 2. The van der Waals surface area contributed by atoms with E-state index in [4.69, 9.17) is 0 Å². The minimum Gasteiger partial charge on any atom is -0.325 e. The number of sulfonamides is 1. The maximum atomic E-state index is 12.5. The van der Waals surface area contributed by atoms with Crippen molar-refractivity contribution in [2.75, 3.05) is 22.4 Å². The smallest absolute Gasteiger partial charge is 0.245 e. The topological polar surface area (TPSA) is 66.5 Å². The molecule has 0 saturated carbocycles. The Morgan fingerprint density at radius 3 is 2.17 bits per heavy atom. The summed E-state index contributed by atoms with van der Waals surface area (Å²) in [6, 6.07) is 24.8. The lowest BCUT2D eigenvalue weighted by molar-refractivity contribution is -0.114. The normalized spacial score (nSPS) is 11.1. The van der Waals surface area contributed by atoms with Crippen molar-refractivity contribution in [1.29, 1.82) is 0 Å². The van der Waals surface area contributed by atoms with Gasteiger partial charge in [0.05, 0.1) is 11.9 Å². The van der Waals surface area contributed by atoms with Crippen molar-refractivity contribution in [2.24, 2.45) is 0 Å². The lowest BCUT2D eigenvalue weighted by Crippen LogP contribution is -2.37. The summed E-state index contributed by atoms with van der Waals surface area (Å²) >= 11 is 1.74. The monoisotopic (exact) mass is 440 g/mol. The first-order valence-electron chi connectivity index (χ1n) is 9.42. The number of carbonyl (C=O) groups excluding carboxylic acids is 1. The SMILES string of the molecule is Cc1ccc(N(CC(=O)Nc2ccc(CSc3ccccc3)cc2)S(C)(=O)=O)cc1. The second kappa shape index (κ2) is 9.82. The van der Waals surface area contributed by atoms with Crippen LogP contribution in [0.4, 0.5) is 11.4 Å². The second-order valence-electron chi connectivity index (χ2n) is 6.95. The summed E-state index contributed by atoms with van der Waals surface area (Å²) in [5, 5.41) is 2.77. The Morgan fingerprint density at radius 1 is 0.933 bits per heavy atom. The zero-order valence-corrected chi connectivity index (χ0v) is 18.5. The van der Waals surface area contributed by atoms with Gasteiger partial charge in [-0.15, -0.1) is 11.8 Å². The molecule has 7 heteroatoms. The molecule has 0 bridgehead atoms. The lowest BCUT2D eigenvalue weighted by atomic mass is 10.2. The molecular weight excluding hydrogens is 416 g/mol. The van der Waals surface area contributed by atoms with Crippen molar-refractivity contribution in [3.05, 3.63) is 90.0 Å². The highest BCUT2D eigenvalue weighted by Gasteiger charge is 2.20. The van der Waals surface area contributed by atoms with Gasteiger partial charge in [-0.2, -0.15) is 0 Å². The molecule has 5 nitrogen and oxygen atoms in total. The molecule has 0 spiro atoms. The third-order valence-electron chi connectivity index (χ3n) is 4.40. The van der Waals surface area contributed by atoms with Gasteiger partial charge >= 0.3 is 0 Å². The molecule has 1 amide bonds. The van der Waals surface area contributed by atoms with Crippen LogP contribution in [0.3, 0.4) is 0 Å². The first-order valence-corrected chi connectivity index (χ1v) is 12.3. The van der Waals surface area contributed by atoms with Gasteiger partial charge in [0.2, 0.25) is 15.9 Å². The maximum absolute atomic E-state index is 12.5. The Balaban J connectivity index is 1.61. The number of aryl methyl sites for hydroxylation is 1. The third-order valence-corrected chi connectivity index (χ3v) is 6.62. The molecule has 1 N–H and O–H groups in total.